The monoisotopic (exact) mass is 404 g/mol. The standard InChI is InChI=1S/C24H25N3O3/c1-2-15-12-16-22(29)18(24-25-19-8-4-5-9-20(19)26-24)14-30-23(16)17(21(15)28)13-27-10-6-3-7-11-27/h4-5,8-9,12,14,28H,2-3,6-7,10-11,13H2,1H3,(H,25,26)/p+1. The molecule has 2 aromatic heterocycles. The molecule has 1 fully saturated rings. The molecule has 0 spiro atoms. The Morgan fingerprint density at radius 1 is 1.20 bits per heavy atom. The maximum atomic E-state index is 13.4. The third-order valence-corrected chi connectivity index (χ3v) is 6.22. The molecule has 0 saturated carbocycles. The van der Waals surface area contributed by atoms with Gasteiger partial charge in [-0.15, -0.1) is 0 Å². The van der Waals surface area contributed by atoms with Crippen LogP contribution in [0.5, 0.6) is 5.75 Å². The number of hydrogen-bond acceptors (Lipinski definition) is 4. The molecule has 1 aliphatic rings. The zero-order chi connectivity index (χ0) is 20.7. The van der Waals surface area contributed by atoms with Gasteiger partial charge < -0.3 is 19.4 Å². The Morgan fingerprint density at radius 2 is 2.00 bits per heavy atom. The van der Waals surface area contributed by atoms with Gasteiger partial charge in [-0.2, -0.15) is 0 Å². The highest BCUT2D eigenvalue weighted by atomic mass is 16.3. The fourth-order valence-corrected chi connectivity index (χ4v) is 4.55. The minimum absolute atomic E-state index is 0.125. The number of aryl methyl sites for hydroxylation is 1. The number of fused-ring (bicyclic) bond motifs is 2. The van der Waals surface area contributed by atoms with Crippen LogP contribution in [-0.4, -0.2) is 28.2 Å². The van der Waals surface area contributed by atoms with Gasteiger partial charge in [-0.1, -0.05) is 19.1 Å². The highest BCUT2D eigenvalue weighted by Gasteiger charge is 2.23. The number of hydrogen-bond donors (Lipinski definition) is 3. The Morgan fingerprint density at radius 3 is 2.77 bits per heavy atom. The van der Waals surface area contributed by atoms with Crippen LogP contribution < -0.4 is 10.3 Å². The van der Waals surface area contributed by atoms with Crippen molar-refractivity contribution in [3.63, 3.8) is 0 Å². The first-order chi connectivity index (χ1) is 14.7. The number of benzene rings is 2. The van der Waals surface area contributed by atoms with E-state index < -0.39 is 0 Å². The topological polar surface area (TPSA) is 83.6 Å². The Bertz CT molecular complexity index is 1250. The minimum Gasteiger partial charge on any atom is -0.507 e. The Hall–Kier alpha value is -3.12. The molecule has 0 radical (unpaired) electrons. The van der Waals surface area contributed by atoms with E-state index in [2.05, 4.69) is 9.97 Å². The smallest absolute Gasteiger partial charge is 0.203 e. The van der Waals surface area contributed by atoms with E-state index in [9.17, 15) is 9.90 Å². The number of phenols is 1. The molecule has 1 saturated heterocycles. The van der Waals surface area contributed by atoms with Gasteiger partial charge in [-0.05, 0) is 49.4 Å². The second-order valence-electron chi connectivity index (χ2n) is 8.16. The summed E-state index contributed by atoms with van der Waals surface area (Å²) >= 11 is 0. The first-order valence-corrected chi connectivity index (χ1v) is 10.7. The number of nitrogens with zero attached hydrogens (tertiary/aromatic N) is 1. The van der Waals surface area contributed by atoms with E-state index in [1.807, 2.05) is 31.2 Å². The number of quaternary nitrogens is 1. The van der Waals surface area contributed by atoms with Gasteiger partial charge in [0.15, 0.2) is 0 Å². The molecule has 154 valence electrons. The summed E-state index contributed by atoms with van der Waals surface area (Å²) in [5, 5.41) is 11.4. The lowest BCUT2D eigenvalue weighted by Crippen LogP contribution is -3.11. The van der Waals surface area contributed by atoms with Crippen LogP contribution in [0.2, 0.25) is 0 Å². The zero-order valence-electron chi connectivity index (χ0n) is 17.1. The van der Waals surface area contributed by atoms with E-state index in [0.717, 1.165) is 35.2 Å². The van der Waals surface area contributed by atoms with Gasteiger partial charge in [0.2, 0.25) is 5.43 Å². The molecular formula is C24H26N3O3+. The van der Waals surface area contributed by atoms with Crippen LogP contribution in [0.4, 0.5) is 0 Å². The van der Waals surface area contributed by atoms with Crippen LogP contribution in [-0.2, 0) is 13.0 Å². The molecule has 1 aliphatic heterocycles. The van der Waals surface area contributed by atoms with Gasteiger partial charge in [0.1, 0.15) is 35.5 Å². The first-order valence-electron chi connectivity index (χ1n) is 10.7. The summed E-state index contributed by atoms with van der Waals surface area (Å²) in [5.74, 6) is 0.767. The third-order valence-electron chi connectivity index (χ3n) is 6.22. The van der Waals surface area contributed by atoms with E-state index in [4.69, 9.17) is 4.42 Å². The third kappa shape index (κ3) is 3.17. The molecule has 5 rings (SSSR count). The summed E-state index contributed by atoms with van der Waals surface area (Å²) in [6, 6.07) is 9.46. The summed E-state index contributed by atoms with van der Waals surface area (Å²) in [7, 11) is 0. The molecule has 3 N–H and O–H groups in total. The fourth-order valence-electron chi connectivity index (χ4n) is 4.55. The zero-order valence-corrected chi connectivity index (χ0v) is 17.1. The molecule has 0 aliphatic carbocycles. The molecule has 4 aromatic rings. The van der Waals surface area contributed by atoms with Gasteiger partial charge in [0, 0.05) is 0 Å². The second kappa shape index (κ2) is 7.61. The number of rotatable bonds is 4. The Labute approximate surface area is 174 Å². The van der Waals surface area contributed by atoms with Crippen molar-refractivity contribution in [2.45, 2.75) is 39.2 Å². The molecule has 0 atom stereocenters. The highest BCUT2D eigenvalue weighted by Crippen LogP contribution is 2.31. The lowest BCUT2D eigenvalue weighted by Gasteiger charge is -2.24. The molecular weight excluding hydrogens is 378 g/mol. The fraction of sp³-hybridized carbons (Fsp3) is 0.333. The van der Waals surface area contributed by atoms with Crippen molar-refractivity contribution in [2.24, 2.45) is 0 Å². The van der Waals surface area contributed by atoms with E-state index in [1.165, 1.54) is 30.4 Å². The summed E-state index contributed by atoms with van der Waals surface area (Å²) in [6.45, 7) is 4.82. The van der Waals surface area contributed by atoms with E-state index in [1.54, 1.807) is 6.07 Å². The number of piperidine rings is 1. The summed E-state index contributed by atoms with van der Waals surface area (Å²) in [4.78, 5) is 22.6. The number of nitrogens with one attached hydrogen (secondary N) is 2. The Kier molecular flexibility index (Phi) is 4.79. The van der Waals surface area contributed by atoms with Crippen molar-refractivity contribution >= 4 is 22.0 Å². The number of para-hydroxylation sites is 2. The maximum absolute atomic E-state index is 13.4. The normalized spacial score (nSPS) is 15.2. The lowest BCUT2D eigenvalue weighted by molar-refractivity contribution is -0.918. The number of aromatic nitrogens is 2. The van der Waals surface area contributed by atoms with Gasteiger partial charge in [-0.3, -0.25) is 4.79 Å². The van der Waals surface area contributed by atoms with Crippen LogP contribution in [0.3, 0.4) is 0 Å². The molecule has 2 aromatic carbocycles. The molecule has 6 heteroatoms. The van der Waals surface area contributed by atoms with Crippen LogP contribution in [0.15, 0.2) is 45.8 Å². The van der Waals surface area contributed by atoms with Crippen molar-refractivity contribution in [1.29, 1.82) is 0 Å². The Balaban J connectivity index is 1.67. The van der Waals surface area contributed by atoms with Gasteiger partial charge >= 0.3 is 0 Å². The van der Waals surface area contributed by atoms with Crippen LogP contribution in [0, 0.1) is 0 Å². The van der Waals surface area contributed by atoms with Crippen molar-refractivity contribution in [3.05, 3.63) is 57.9 Å². The SMILES string of the molecule is CCc1cc2c(=O)c(-c3nc4ccccc4[nH]3)coc2c(C[NH+]2CCCCC2)c1O. The molecule has 0 unspecified atom stereocenters. The second-order valence-corrected chi connectivity index (χ2v) is 8.16. The minimum atomic E-state index is -0.125. The van der Waals surface area contributed by atoms with Gasteiger partial charge in [0.05, 0.1) is 35.1 Å². The van der Waals surface area contributed by atoms with Gasteiger partial charge in [0.25, 0.3) is 0 Å². The van der Waals surface area contributed by atoms with Gasteiger partial charge in [-0.25, -0.2) is 4.98 Å². The van der Waals surface area contributed by atoms with Crippen molar-refractivity contribution in [3.8, 4) is 17.1 Å². The molecule has 6 nitrogen and oxygen atoms in total. The van der Waals surface area contributed by atoms with Crippen molar-refractivity contribution in [1.82, 2.24) is 9.97 Å². The predicted octanol–water partition coefficient (Wildman–Crippen LogP) is 3.17. The van der Waals surface area contributed by atoms with E-state index >= 15 is 0 Å². The van der Waals surface area contributed by atoms with Crippen molar-refractivity contribution in [2.75, 3.05) is 13.1 Å². The summed E-state index contributed by atoms with van der Waals surface area (Å²) in [5.41, 5.74) is 3.98. The number of likely N-dealkylation sites (tertiary alicyclic amines) is 1. The van der Waals surface area contributed by atoms with Crippen molar-refractivity contribution < 1.29 is 14.4 Å². The quantitative estimate of drug-likeness (QED) is 0.488. The summed E-state index contributed by atoms with van der Waals surface area (Å²) in [6.07, 6.45) is 5.78. The molecule has 0 amide bonds. The van der Waals surface area contributed by atoms with Crippen LogP contribution >= 0.6 is 0 Å². The summed E-state index contributed by atoms with van der Waals surface area (Å²) < 4.78 is 5.99. The van der Waals surface area contributed by atoms with Crippen LogP contribution in [0.25, 0.3) is 33.4 Å². The average Bonchev–Trinajstić information content (AvgIpc) is 3.20. The number of aromatic hydroxyl groups is 1. The van der Waals surface area contributed by atoms with E-state index in [0.29, 0.717) is 35.3 Å². The van der Waals surface area contributed by atoms with Crippen LogP contribution in [0.1, 0.15) is 37.3 Å². The molecule has 0 bridgehead atoms. The molecule has 3 heterocycles. The first kappa shape index (κ1) is 18.9. The predicted molar refractivity (Wildman–Crippen MR) is 117 cm³/mol. The highest BCUT2D eigenvalue weighted by molar-refractivity contribution is 5.87. The largest absolute Gasteiger partial charge is 0.507 e. The van der Waals surface area contributed by atoms with E-state index in [-0.39, 0.29) is 11.2 Å². The average molecular weight is 404 g/mol. The lowest BCUT2D eigenvalue weighted by atomic mass is 10.00. The number of H-pyrrole nitrogens is 1. The number of phenolic OH excluding ortho intramolecular Hbond substituents is 1. The molecule has 30 heavy (non-hydrogen) atoms. The maximum Gasteiger partial charge on any atom is 0.203 e. The number of imidazole rings is 1. The number of aromatic amines is 1.